The van der Waals surface area contributed by atoms with Crippen LogP contribution in [0.1, 0.15) is 42.4 Å². The number of anilines is 1. The van der Waals surface area contributed by atoms with Crippen molar-refractivity contribution in [2.45, 2.75) is 44.7 Å². The van der Waals surface area contributed by atoms with Crippen LogP contribution in [0.4, 0.5) is 5.69 Å². The molecular formula is C25H32N4O2. The number of piperidine rings is 1. The highest BCUT2D eigenvalue weighted by Crippen LogP contribution is 2.30. The summed E-state index contributed by atoms with van der Waals surface area (Å²) >= 11 is 0. The maximum atomic E-state index is 12.5. The standard InChI is InChI=1S/C25H32N4O2/c1-28-14-6-5-11-23(28)25(30)27-26-17-19-12-13-24(31-2)21(16-19)18-29-15-7-9-20-8-3-4-10-22(20)29/h3-4,8,10,12-13,16-17,23H,5-7,9,11,14-15,18H2,1-2H3,(H,27,30)/b26-17-/t23-/m0/s1. The van der Waals surface area contributed by atoms with E-state index in [9.17, 15) is 4.79 Å². The van der Waals surface area contributed by atoms with E-state index in [1.165, 1.54) is 11.3 Å². The van der Waals surface area contributed by atoms with Gasteiger partial charge in [0.25, 0.3) is 5.91 Å². The minimum Gasteiger partial charge on any atom is -0.496 e. The van der Waals surface area contributed by atoms with Crippen LogP contribution in [-0.2, 0) is 17.8 Å². The molecule has 0 aromatic heterocycles. The molecule has 6 nitrogen and oxygen atoms in total. The summed E-state index contributed by atoms with van der Waals surface area (Å²) in [6, 6.07) is 14.6. The maximum absolute atomic E-state index is 12.5. The lowest BCUT2D eigenvalue weighted by Crippen LogP contribution is -2.46. The van der Waals surface area contributed by atoms with E-state index in [-0.39, 0.29) is 11.9 Å². The second-order valence-corrected chi connectivity index (χ2v) is 8.45. The number of para-hydroxylation sites is 1. The summed E-state index contributed by atoms with van der Waals surface area (Å²) in [5, 5.41) is 4.22. The number of carbonyl (C=O) groups excluding carboxylic acids is 1. The fraction of sp³-hybridized carbons (Fsp3) is 0.440. The van der Waals surface area contributed by atoms with Gasteiger partial charge in [-0.25, -0.2) is 5.43 Å². The van der Waals surface area contributed by atoms with Gasteiger partial charge in [-0.05, 0) is 74.7 Å². The van der Waals surface area contributed by atoms with E-state index >= 15 is 0 Å². The molecule has 0 spiro atoms. The molecular weight excluding hydrogens is 388 g/mol. The Morgan fingerprint density at radius 3 is 2.90 bits per heavy atom. The second-order valence-electron chi connectivity index (χ2n) is 8.45. The third-order valence-electron chi connectivity index (χ3n) is 6.33. The number of likely N-dealkylation sites (N-methyl/N-ethyl adjacent to an activating group) is 1. The highest BCUT2D eigenvalue weighted by atomic mass is 16.5. The van der Waals surface area contributed by atoms with E-state index < -0.39 is 0 Å². The molecule has 0 radical (unpaired) electrons. The average molecular weight is 421 g/mol. The number of carbonyl (C=O) groups is 1. The van der Waals surface area contributed by atoms with Crippen LogP contribution in [0.25, 0.3) is 0 Å². The number of hydrogen-bond donors (Lipinski definition) is 1. The number of hydrogen-bond acceptors (Lipinski definition) is 5. The van der Waals surface area contributed by atoms with E-state index in [2.05, 4.69) is 50.7 Å². The molecule has 164 valence electrons. The van der Waals surface area contributed by atoms with Gasteiger partial charge in [-0.2, -0.15) is 5.10 Å². The number of likely N-dealkylation sites (tertiary alicyclic amines) is 1. The Balaban J connectivity index is 1.45. The number of aryl methyl sites for hydroxylation is 1. The van der Waals surface area contributed by atoms with Crippen molar-refractivity contribution in [3.8, 4) is 5.75 Å². The molecule has 2 aliphatic heterocycles. The molecule has 1 atom stereocenters. The summed E-state index contributed by atoms with van der Waals surface area (Å²) in [5.74, 6) is 0.838. The van der Waals surface area contributed by atoms with Crippen LogP contribution in [-0.4, -0.2) is 50.3 Å². The van der Waals surface area contributed by atoms with E-state index in [1.54, 1.807) is 13.3 Å². The predicted molar refractivity (Wildman–Crippen MR) is 125 cm³/mol. The Hall–Kier alpha value is -2.86. The zero-order valence-corrected chi connectivity index (χ0v) is 18.5. The summed E-state index contributed by atoms with van der Waals surface area (Å²) in [7, 11) is 3.71. The Morgan fingerprint density at radius 2 is 2.06 bits per heavy atom. The lowest BCUT2D eigenvalue weighted by molar-refractivity contribution is -0.126. The molecule has 0 saturated carbocycles. The number of nitrogens with zero attached hydrogens (tertiary/aromatic N) is 3. The quantitative estimate of drug-likeness (QED) is 0.573. The van der Waals surface area contributed by atoms with Crippen molar-refractivity contribution in [3.05, 3.63) is 59.2 Å². The van der Waals surface area contributed by atoms with Gasteiger partial charge >= 0.3 is 0 Å². The number of ether oxygens (including phenoxy) is 1. The third-order valence-corrected chi connectivity index (χ3v) is 6.33. The minimum atomic E-state index is -0.0866. The number of rotatable bonds is 6. The Bertz CT molecular complexity index is 943. The van der Waals surface area contributed by atoms with E-state index in [4.69, 9.17) is 4.74 Å². The lowest BCUT2D eigenvalue weighted by Gasteiger charge is -2.31. The lowest BCUT2D eigenvalue weighted by atomic mass is 10.0. The van der Waals surface area contributed by atoms with E-state index in [0.717, 1.165) is 68.6 Å². The fourth-order valence-electron chi connectivity index (χ4n) is 4.64. The molecule has 31 heavy (non-hydrogen) atoms. The molecule has 6 heteroatoms. The van der Waals surface area contributed by atoms with Crippen LogP contribution in [0.2, 0.25) is 0 Å². The van der Waals surface area contributed by atoms with Gasteiger partial charge in [-0.1, -0.05) is 24.6 Å². The van der Waals surface area contributed by atoms with Crippen molar-refractivity contribution in [1.29, 1.82) is 0 Å². The predicted octanol–water partition coefficient (Wildman–Crippen LogP) is 3.58. The Kier molecular flexibility index (Phi) is 6.87. The van der Waals surface area contributed by atoms with Crippen molar-refractivity contribution >= 4 is 17.8 Å². The van der Waals surface area contributed by atoms with Gasteiger partial charge < -0.3 is 9.64 Å². The van der Waals surface area contributed by atoms with Gasteiger partial charge in [0.15, 0.2) is 0 Å². The van der Waals surface area contributed by atoms with Gasteiger partial charge in [-0.3, -0.25) is 9.69 Å². The third kappa shape index (κ3) is 5.07. The summed E-state index contributed by atoms with van der Waals surface area (Å²) in [6.45, 7) is 2.77. The average Bonchev–Trinajstić information content (AvgIpc) is 2.80. The van der Waals surface area contributed by atoms with Crippen molar-refractivity contribution in [3.63, 3.8) is 0 Å². The molecule has 2 aromatic rings. The Labute approximate surface area is 184 Å². The summed E-state index contributed by atoms with van der Waals surface area (Å²) in [4.78, 5) is 17.0. The molecule has 0 aliphatic carbocycles. The van der Waals surface area contributed by atoms with Crippen LogP contribution in [0.5, 0.6) is 5.75 Å². The molecule has 0 bridgehead atoms. The molecule has 1 N–H and O–H groups in total. The summed E-state index contributed by atoms with van der Waals surface area (Å²) in [5.41, 5.74) is 7.48. The van der Waals surface area contributed by atoms with Gasteiger partial charge in [0.2, 0.25) is 0 Å². The van der Waals surface area contributed by atoms with Crippen LogP contribution >= 0.6 is 0 Å². The number of methoxy groups -OCH3 is 1. The number of hydrazone groups is 1. The zero-order chi connectivity index (χ0) is 21.6. The van der Waals surface area contributed by atoms with Gasteiger partial charge in [0.05, 0.1) is 19.4 Å². The number of fused-ring (bicyclic) bond motifs is 1. The van der Waals surface area contributed by atoms with Crippen molar-refractivity contribution in [1.82, 2.24) is 10.3 Å². The largest absolute Gasteiger partial charge is 0.496 e. The molecule has 1 fully saturated rings. The Morgan fingerprint density at radius 1 is 1.19 bits per heavy atom. The van der Waals surface area contributed by atoms with E-state index in [0.29, 0.717) is 0 Å². The van der Waals surface area contributed by atoms with Gasteiger partial charge in [-0.15, -0.1) is 0 Å². The van der Waals surface area contributed by atoms with Crippen LogP contribution in [0.15, 0.2) is 47.6 Å². The molecule has 1 amide bonds. The monoisotopic (exact) mass is 420 g/mol. The molecule has 1 saturated heterocycles. The highest BCUT2D eigenvalue weighted by molar-refractivity contribution is 5.85. The molecule has 2 aromatic carbocycles. The number of nitrogens with one attached hydrogen (secondary N) is 1. The van der Waals surface area contributed by atoms with Crippen LogP contribution < -0.4 is 15.1 Å². The normalized spacial score (nSPS) is 19.3. The van der Waals surface area contributed by atoms with Crippen molar-refractivity contribution in [2.75, 3.05) is 32.1 Å². The first kappa shape index (κ1) is 21.4. The topological polar surface area (TPSA) is 57.2 Å². The summed E-state index contributed by atoms with van der Waals surface area (Å²) < 4.78 is 5.62. The molecule has 4 rings (SSSR count). The first-order valence-electron chi connectivity index (χ1n) is 11.2. The highest BCUT2D eigenvalue weighted by Gasteiger charge is 2.25. The summed E-state index contributed by atoms with van der Waals surface area (Å²) in [6.07, 6.45) is 7.14. The van der Waals surface area contributed by atoms with E-state index in [1.807, 2.05) is 19.2 Å². The van der Waals surface area contributed by atoms with Gasteiger partial charge in [0, 0.05) is 24.3 Å². The second kappa shape index (κ2) is 9.96. The molecule has 0 unspecified atom stereocenters. The first-order valence-corrected chi connectivity index (χ1v) is 11.2. The number of benzene rings is 2. The molecule has 2 heterocycles. The SMILES string of the molecule is COc1ccc(/C=N\NC(=O)[C@@H]2CCCCN2C)cc1CN1CCCc2ccccc21. The fourth-order valence-corrected chi connectivity index (χ4v) is 4.64. The van der Waals surface area contributed by atoms with Gasteiger partial charge in [0.1, 0.15) is 5.75 Å². The van der Waals surface area contributed by atoms with Crippen LogP contribution in [0.3, 0.4) is 0 Å². The molecule has 2 aliphatic rings. The smallest absolute Gasteiger partial charge is 0.257 e. The van der Waals surface area contributed by atoms with Crippen molar-refractivity contribution in [2.24, 2.45) is 5.10 Å². The van der Waals surface area contributed by atoms with Crippen LogP contribution in [0, 0.1) is 0 Å². The zero-order valence-electron chi connectivity index (χ0n) is 18.5. The first-order chi connectivity index (χ1) is 15.2. The minimum absolute atomic E-state index is 0.0305. The van der Waals surface area contributed by atoms with Crippen molar-refractivity contribution < 1.29 is 9.53 Å². The number of amides is 1. The maximum Gasteiger partial charge on any atom is 0.257 e.